The number of carbonyl (C=O) groups excluding carboxylic acids is 1. The number of nitrogens with zero attached hydrogens (tertiary/aromatic N) is 1. The van der Waals surface area contributed by atoms with E-state index in [2.05, 4.69) is 26.2 Å². The van der Waals surface area contributed by atoms with Gasteiger partial charge in [0.15, 0.2) is 9.84 Å². The van der Waals surface area contributed by atoms with Crippen LogP contribution in [-0.4, -0.2) is 43.9 Å². The van der Waals surface area contributed by atoms with Gasteiger partial charge in [-0.05, 0) is 76.0 Å². The van der Waals surface area contributed by atoms with E-state index in [-0.39, 0.29) is 5.75 Å². The average molecular weight is 514 g/mol. The minimum atomic E-state index is -3.64. The quantitative estimate of drug-likeness (QED) is 0.545. The first-order valence-electron chi connectivity index (χ1n) is 8.88. The fraction of sp³-hybridized carbons (Fsp3) is 0.667. The van der Waals surface area contributed by atoms with E-state index < -0.39 is 31.8 Å². The van der Waals surface area contributed by atoms with E-state index in [1.165, 1.54) is 17.6 Å². The molecule has 158 valence electrons. The van der Waals surface area contributed by atoms with Crippen molar-refractivity contribution >= 4 is 61.0 Å². The van der Waals surface area contributed by atoms with Crippen molar-refractivity contribution < 1.29 is 17.9 Å². The van der Waals surface area contributed by atoms with Crippen molar-refractivity contribution in [3.8, 4) is 0 Å². The Balaban J connectivity index is 2.30. The molecule has 1 aromatic heterocycles. The van der Waals surface area contributed by atoms with E-state index in [1.807, 2.05) is 6.92 Å². The molecule has 1 saturated carbocycles. The summed E-state index contributed by atoms with van der Waals surface area (Å²) < 4.78 is 31.6. The third-order valence-electron chi connectivity index (χ3n) is 4.81. The second-order valence-electron chi connectivity index (χ2n) is 8.23. The fourth-order valence-corrected chi connectivity index (χ4v) is 7.82. The number of nitrogens with one attached hydrogen (secondary N) is 1. The number of thiophene rings is 1. The number of ether oxygens (including phenoxy) is 1. The van der Waals surface area contributed by atoms with Gasteiger partial charge in [0, 0.05) is 11.1 Å². The topological polar surface area (TPSA) is 84.8 Å². The molecule has 1 aromatic rings. The van der Waals surface area contributed by atoms with Crippen LogP contribution in [0.15, 0.2) is 14.8 Å². The van der Waals surface area contributed by atoms with Crippen LogP contribution in [0.2, 0.25) is 5.02 Å². The number of carbonyl (C=O) groups is 1. The van der Waals surface area contributed by atoms with Crippen LogP contribution in [0.4, 0.5) is 4.79 Å². The van der Waals surface area contributed by atoms with E-state index in [1.54, 1.807) is 33.9 Å². The van der Waals surface area contributed by atoms with E-state index in [9.17, 15) is 13.2 Å². The Morgan fingerprint density at radius 3 is 2.43 bits per heavy atom. The van der Waals surface area contributed by atoms with Crippen LogP contribution in [0.5, 0.6) is 0 Å². The van der Waals surface area contributed by atoms with Gasteiger partial charge in [0.2, 0.25) is 0 Å². The molecule has 0 spiro atoms. The summed E-state index contributed by atoms with van der Waals surface area (Å²) in [4.78, 5) is 16.5. The maximum Gasteiger partial charge on any atom is 0.433 e. The summed E-state index contributed by atoms with van der Waals surface area (Å²) >= 11 is 11.1. The van der Waals surface area contributed by atoms with Gasteiger partial charge >= 0.3 is 6.09 Å². The first-order chi connectivity index (χ1) is 12.7. The van der Waals surface area contributed by atoms with Gasteiger partial charge in [0.05, 0.1) is 20.1 Å². The Bertz CT molecular complexity index is 873. The molecule has 1 N–H and O–H groups in total. The molecule has 1 aliphatic carbocycles. The van der Waals surface area contributed by atoms with Crippen LogP contribution in [0.3, 0.4) is 0 Å². The molecular formula is C18H26BrClN2O4S2. The number of halogens is 2. The van der Waals surface area contributed by atoms with Crippen LogP contribution >= 0.6 is 38.9 Å². The summed E-state index contributed by atoms with van der Waals surface area (Å²) in [5, 5.41) is 3.62. The van der Waals surface area contributed by atoms with Crippen LogP contribution in [0.25, 0.3) is 0 Å². The molecule has 1 heterocycles. The first kappa shape index (κ1) is 23.8. The van der Waals surface area contributed by atoms with E-state index in [0.717, 1.165) is 15.1 Å². The normalized spacial score (nSPS) is 19.2. The number of hydrogen-bond donors (Lipinski definition) is 1. The summed E-state index contributed by atoms with van der Waals surface area (Å²) in [6.45, 7) is 7.01. The summed E-state index contributed by atoms with van der Waals surface area (Å²) in [6.07, 6.45) is 2.12. The average Bonchev–Trinajstić information content (AvgIpc) is 2.82. The minimum absolute atomic E-state index is 0.163. The van der Waals surface area contributed by atoms with Gasteiger partial charge in [-0.25, -0.2) is 13.2 Å². The lowest BCUT2D eigenvalue weighted by Gasteiger charge is -2.40. The Labute approximate surface area is 184 Å². The van der Waals surface area contributed by atoms with Crippen molar-refractivity contribution in [2.75, 3.05) is 12.8 Å². The van der Waals surface area contributed by atoms with Crippen molar-refractivity contribution in [3.05, 3.63) is 19.8 Å². The summed E-state index contributed by atoms with van der Waals surface area (Å²) in [7, 11) is -1.93. The number of amides is 1. The number of sulfone groups is 1. The fourth-order valence-electron chi connectivity index (χ4n) is 3.00. The van der Waals surface area contributed by atoms with Gasteiger partial charge in [0.25, 0.3) is 0 Å². The van der Waals surface area contributed by atoms with Crippen molar-refractivity contribution in [2.45, 2.75) is 62.8 Å². The number of aliphatic imine (C=N–C) groups is 1. The lowest BCUT2D eigenvalue weighted by molar-refractivity contribution is 0.0604. The molecule has 0 unspecified atom stereocenters. The highest BCUT2D eigenvalue weighted by molar-refractivity contribution is 9.11. The lowest BCUT2D eigenvalue weighted by atomic mass is 9.85. The zero-order chi connectivity index (χ0) is 21.4. The molecule has 0 bridgehead atoms. The molecule has 0 aromatic carbocycles. The van der Waals surface area contributed by atoms with Crippen LogP contribution in [0, 0.1) is 0 Å². The molecule has 28 heavy (non-hydrogen) atoms. The van der Waals surface area contributed by atoms with Gasteiger partial charge < -0.3 is 10.1 Å². The third-order valence-corrected chi connectivity index (χ3v) is 9.83. The Morgan fingerprint density at radius 2 is 2.04 bits per heavy atom. The highest BCUT2D eigenvalue weighted by Crippen LogP contribution is 2.43. The molecule has 1 aliphatic rings. The Hall–Kier alpha value is -0.480. The second-order valence-corrected chi connectivity index (χ2v) is 13.4. The predicted molar refractivity (Wildman–Crippen MR) is 119 cm³/mol. The Kier molecular flexibility index (Phi) is 7.08. The van der Waals surface area contributed by atoms with Crippen LogP contribution in [-0.2, 0) is 20.1 Å². The molecule has 2 rings (SSSR count). The van der Waals surface area contributed by atoms with Crippen molar-refractivity contribution in [1.29, 1.82) is 0 Å². The van der Waals surface area contributed by atoms with Crippen molar-refractivity contribution in [1.82, 2.24) is 5.32 Å². The van der Waals surface area contributed by atoms with Gasteiger partial charge in [0.1, 0.15) is 10.3 Å². The summed E-state index contributed by atoms with van der Waals surface area (Å²) in [5.74, 6) is -0.163. The predicted octanol–water partition coefficient (Wildman–Crippen LogP) is 4.94. The SMILES string of the molecule is CN[C@@](C)(CS(=O)(=O)C1(/C=N/C(=O)OC(C)(C)C)CCC1)c1sc(Br)cc1Cl. The molecule has 6 nitrogen and oxygen atoms in total. The highest BCUT2D eigenvalue weighted by atomic mass is 79.9. The first-order valence-corrected chi connectivity index (χ1v) is 12.5. The third kappa shape index (κ3) is 5.16. The smallest absolute Gasteiger partial charge is 0.433 e. The van der Waals surface area contributed by atoms with Crippen LogP contribution in [0.1, 0.15) is 51.8 Å². The van der Waals surface area contributed by atoms with E-state index in [4.69, 9.17) is 16.3 Å². The number of rotatable bonds is 6. The maximum absolute atomic E-state index is 13.4. The largest absolute Gasteiger partial charge is 0.442 e. The maximum atomic E-state index is 13.4. The molecule has 0 saturated heterocycles. The van der Waals surface area contributed by atoms with Gasteiger partial charge in [-0.1, -0.05) is 11.6 Å². The zero-order valence-corrected chi connectivity index (χ0v) is 20.6. The monoisotopic (exact) mass is 512 g/mol. The van der Waals surface area contributed by atoms with Gasteiger partial charge in [-0.3, -0.25) is 0 Å². The lowest BCUT2D eigenvalue weighted by Crippen LogP contribution is -2.53. The molecule has 1 atom stereocenters. The molecule has 0 radical (unpaired) electrons. The molecular weight excluding hydrogens is 488 g/mol. The van der Waals surface area contributed by atoms with Crippen molar-refractivity contribution in [2.24, 2.45) is 4.99 Å². The minimum Gasteiger partial charge on any atom is -0.442 e. The van der Waals surface area contributed by atoms with Crippen LogP contribution < -0.4 is 5.32 Å². The second kappa shape index (κ2) is 8.34. The van der Waals surface area contributed by atoms with Gasteiger partial charge in [-0.15, -0.1) is 11.3 Å². The summed E-state index contributed by atoms with van der Waals surface area (Å²) in [6, 6.07) is 1.76. The molecule has 0 aliphatic heterocycles. The highest BCUT2D eigenvalue weighted by Gasteiger charge is 2.51. The zero-order valence-electron chi connectivity index (χ0n) is 16.6. The van der Waals surface area contributed by atoms with E-state index in [0.29, 0.717) is 17.9 Å². The standard InChI is InChI=1S/C18H26BrClN2O4S2/c1-16(2,3)26-15(23)22-10-18(7-6-8-18)28(24,25)11-17(4,21-5)14-12(20)9-13(19)27-14/h9-10,21H,6-8,11H2,1-5H3/b22-10+/t17-/m0/s1. The molecule has 10 heteroatoms. The molecule has 1 amide bonds. The Morgan fingerprint density at radius 1 is 1.43 bits per heavy atom. The summed E-state index contributed by atoms with van der Waals surface area (Å²) in [5.41, 5.74) is -1.55. The number of hydrogen-bond acceptors (Lipinski definition) is 6. The van der Waals surface area contributed by atoms with E-state index >= 15 is 0 Å². The molecule has 1 fully saturated rings. The van der Waals surface area contributed by atoms with Gasteiger partial charge in [-0.2, -0.15) is 4.99 Å². The van der Waals surface area contributed by atoms with Crippen molar-refractivity contribution in [3.63, 3.8) is 0 Å².